The van der Waals surface area contributed by atoms with Gasteiger partial charge in [-0.2, -0.15) is 5.26 Å². The second kappa shape index (κ2) is 7.92. The number of nitriles is 1. The van der Waals surface area contributed by atoms with Crippen molar-refractivity contribution in [2.75, 3.05) is 20.8 Å². The minimum absolute atomic E-state index is 0.00213. The van der Waals surface area contributed by atoms with Gasteiger partial charge in [-0.15, -0.1) is 0 Å². The third-order valence-electron chi connectivity index (χ3n) is 8.54. The van der Waals surface area contributed by atoms with Crippen molar-refractivity contribution in [2.24, 2.45) is 0 Å². The third kappa shape index (κ3) is 2.84. The van der Waals surface area contributed by atoms with Crippen molar-refractivity contribution in [2.45, 2.75) is 63.8 Å². The lowest BCUT2D eigenvalue weighted by molar-refractivity contribution is -0.125. The van der Waals surface area contributed by atoms with Crippen molar-refractivity contribution >= 4 is 23.1 Å². The molecule has 0 amide bonds. The summed E-state index contributed by atoms with van der Waals surface area (Å²) in [6.07, 6.45) is 0.321. The Labute approximate surface area is 203 Å². The largest absolute Gasteiger partial charge is 0.492 e. The summed E-state index contributed by atoms with van der Waals surface area (Å²) in [5.41, 5.74) is 2.23. The topological polar surface area (TPSA) is 128 Å². The molecule has 5 atom stereocenters. The number of carbonyl (C=O) groups excluding carboxylic acids is 4. The number of fused-ring (bicyclic) bond motifs is 5. The smallest absolute Gasteiger partial charge is 0.226 e. The van der Waals surface area contributed by atoms with E-state index in [1.165, 1.54) is 7.11 Å². The van der Waals surface area contributed by atoms with Gasteiger partial charge in [-0.25, -0.2) is 0 Å². The molecule has 0 saturated carbocycles. The number of hydrogen-bond acceptors (Lipinski definition) is 9. The predicted molar refractivity (Wildman–Crippen MR) is 123 cm³/mol. The number of carbonyl (C=O) groups is 4. The predicted octanol–water partition coefficient (Wildman–Crippen LogP) is 0.554. The zero-order valence-electron chi connectivity index (χ0n) is 20.3. The molecule has 0 aromatic carbocycles. The number of methoxy groups -OCH3 is 1. The Morgan fingerprint density at radius 3 is 2.09 bits per heavy atom. The highest BCUT2D eigenvalue weighted by atomic mass is 16.5. The lowest BCUT2D eigenvalue weighted by Crippen LogP contribution is -2.74. The second-order valence-electron chi connectivity index (χ2n) is 9.88. The zero-order chi connectivity index (χ0) is 25.5. The van der Waals surface area contributed by atoms with Gasteiger partial charge in [-0.3, -0.25) is 29.0 Å². The molecule has 1 saturated heterocycles. The van der Waals surface area contributed by atoms with Gasteiger partial charge in [0.25, 0.3) is 0 Å². The highest BCUT2D eigenvalue weighted by Crippen LogP contribution is 2.48. The number of aliphatic hydroxyl groups is 1. The summed E-state index contributed by atoms with van der Waals surface area (Å²) in [7, 11) is 3.17. The molecule has 9 heteroatoms. The summed E-state index contributed by atoms with van der Waals surface area (Å²) >= 11 is 0. The molecule has 35 heavy (non-hydrogen) atoms. The SMILES string of the molecule is COC1=C(C)C(=O)C2=C(C1=O)[C@H]1[C@@H]3CC4=C(C(=O)C(C)=C(C)C4=O)[C@H](CO)N3[C@@H](C#N)[C@H](C2)N1C. The van der Waals surface area contributed by atoms with E-state index in [2.05, 4.69) is 6.07 Å². The van der Waals surface area contributed by atoms with Crippen molar-refractivity contribution < 1.29 is 29.0 Å². The van der Waals surface area contributed by atoms with Crippen LogP contribution in [0.25, 0.3) is 0 Å². The molecule has 2 aliphatic carbocycles. The number of piperazine rings is 1. The van der Waals surface area contributed by atoms with Crippen LogP contribution in [0.2, 0.25) is 0 Å². The first kappa shape index (κ1) is 23.5. The number of nitrogens with zero attached hydrogens (tertiary/aromatic N) is 3. The molecule has 5 rings (SSSR count). The fourth-order valence-corrected chi connectivity index (χ4v) is 6.69. The molecule has 3 heterocycles. The molecule has 0 aromatic rings. The molecule has 5 aliphatic rings. The van der Waals surface area contributed by atoms with Crippen LogP contribution in [-0.2, 0) is 23.9 Å². The summed E-state index contributed by atoms with van der Waals surface area (Å²) in [6, 6.07) is -0.895. The van der Waals surface area contributed by atoms with Gasteiger partial charge in [-0.05, 0) is 40.7 Å². The molecule has 1 fully saturated rings. The average Bonchev–Trinajstić information content (AvgIpc) is 2.84. The first-order chi connectivity index (χ1) is 16.6. The highest BCUT2D eigenvalue weighted by molar-refractivity contribution is 6.26. The molecule has 1 N–H and O–H groups in total. The lowest BCUT2D eigenvalue weighted by Gasteiger charge is -2.60. The highest BCUT2D eigenvalue weighted by Gasteiger charge is 2.59. The lowest BCUT2D eigenvalue weighted by atomic mass is 9.67. The van der Waals surface area contributed by atoms with Crippen molar-refractivity contribution in [1.29, 1.82) is 5.26 Å². The van der Waals surface area contributed by atoms with E-state index >= 15 is 0 Å². The summed E-state index contributed by atoms with van der Waals surface area (Å²) < 4.78 is 5.31. The van der Waals surface area contributed by atoms with E-state index < -0.39 is 36.8 Å². The van der Waals surface area contributed by atoms with E-state index in [-0.39, 0.29) is 52.9 Å². The van der Waals surface area contributed by atoms with Crippen molar-refractivity contribution in [3.8, 4) is 6.07 Å². The van der Waals surface area contributed by atoms with Crippen molar-refractivity contribution in [1.82, 2.24) is 9.80 Å². The summed E-state index contributed by atoms with van der Waals surface area (Å²) in [6.45, 7) is 4.33. The van der Waals surface area contributed by atoms with Crippen LogP contribution in [0.3, 0.4) is 0 Å². The van der Waals surface area contributed by atoms with E-state index in [9.17, 15) is 29.5 Å². The molecule has 9 nitrogen and oxygen atoms in total. The Hall–Kier alpha value is -3.19. The molecule has 0 aromatic heterocycles. The molecule has 3 aliphatic heterocycles. The van der Waals surface area contributed by atoms with Gasteiger partial charge in [0, 0.05) is 51.1 Å². The molecule has 182 valence electrons. The monoisotopic (exact) mass is 477 g/mol. The first-order valence-corrected chi connectivity index (χ1v) is 11.7. The van der Waals surface area contributed by atoms with Crippen molar-refractivity contribution in [3.05, 3.63) is 44.8 Å². The summed E-state index contributed by atoms with van der Waals surface area (Å²) in [4.78, 5) is 57.2. The number of aliphatic hydroxyl groups excluding tert-OH is 1. The number of rotatable bonds is 2. The van der Waals surface area contributed by atoms with Crippen LogP contribution >= 0.6 is 0 Å². The minimum Gasteiger partial charge on any atom is -0.492 e. The van der Waals surface area contributed by atoms with Crippen LogP contribution in [0.1, 0.15) is 33.6 Å². The fraction of sp³-hybridized carbons (Fsp3) is 0.500. The van der Waals surface area contributed by atoms with Gasteiger partial charge >= 0.3 is 0 Å². The second-order valence-corrected chi connectivity index (χ2v) is 9.88. The molecule has 0 spiro atoms. The molecular weight excluding hydrogens is 450 g/mol. The quantitative estimate of drug-likeness (QED) is 0.567. The van der Waals surface area contributed by atoms with Gasteiger partial charge in [0.1, 0.15) is 6.04 Å². The maximum atomic E-state index is 13.6. The Kier molecular flexibility index (Phi) is 5.33. The molecular formula is C26H27N3O6. The van der Waals surface area contributed by atoms with E-state index in [4.69, 9.17) is 4.74 Å². The Morgan fingerprint density at radius 2 is 1.49 bits per heavy atom. The number of hydrogen-bond donors (Lipinski definition) is 1. The van der Waals surface area contributed by atoms with E-state index in [1.54, 1.807) is 20.8 Å². The van der Waals surface area contributed by atoms with Gasteiger partial charge in [0.2, 0.25) is 5.78 Å². The first-order valence-electron chi connectivity index (χ1n) is 11.7. The number of allylic oxidation sites excluding steroid dienone is 4. The van der Waals surface area contributed by atoms with Crippen LogP contribution in [0, 0.1) is 11.3 Å². The molecule has 0 unspecified atom stereocenters. The number of ether oxygens (including phenoxy) is 1. The van der Waals surface area contributed by atoms with Crippen LogP contribution < -0.4 is 0 Å². The van der Waals surface area contributed by atoms with E-state index in [0.29, 0.717) is 27.9 Å². The normalized spacial score (nSPS) is 33.7. The Bertz CT molecular complexity index is 1290. The van der Waals surface area contributed by atoms with Crippen LogP contribution in [0.5, 0.6) is 0 Å². The molecule has 2 bridgehead atoms. The standard InChI is InChI=1S/C26H27N3O6/c1-10-11(2)24(33)19-13(22(10)31)7-16-21-20-14(23(32)12(3)26(35-5)25(20)34)6-15(28(21)4)17(8-27)29(16)18(19)9-30/h15-18,21,30H,6-7,9H2,1-5H3/t15-,16-,17-,18-,21+/m0/s1. The van der Waals surface area contributed by atoms with Gasteiger partial charge in [0.15, 0.2) is 23.1 Å². The minimum atomic E-state index is -0.859. The third-order valence-corrected chi connectivity index (χ3v) is 8.54. The average molecular weight is 478 g/mol. The summed E-state index contributed by atoms with van der Waals surface area (Å²) in [5.74, 6) is -1.18. The van der Waals surface area contributed by atoms with E-state index in [0.717, 1.165) is 0 Å². The molecule has 0 radical (unpaired) electrons. The maximum absolute atomic E-state index is 13.6. The Balaban J connectivity index is 1.72. The van der Waals surface area contributed by atoms with Gasteiger partial charge in [-0.1, -0.05) is 0 Å². The fourth-order valence-electron chi connectivity index (χ4n) is 6.69. The van der Waals surface area contributed by atoms with Crippen LogP contribution in [0.4, 0.5) is 0 Å². The van der Waals surface area contributed by atoms with Crippen LogP contribution in [0.15, 0.2) is 44.8 Å². The van der Waals surface area contributed by atoms with E-state index in [1.807, 2.05) is 16.8 Å². The number of ketones is 4. The Morgan fingerprint density at radius 1 is 0.914 bits per heavy atom. The number of Topliss-reactive ketones (excluding diaryl/α,β-unsaturated/α-hetero) is 4. The number of likely N-dealkylation sites (N-methyl/N-ethyl adjacent to an activating group) is 1. The summed E-state index contributed by atoms with van der Waals surface area (Å²) in [5, 5.41) is 20.7. The zero-order valence-corrected chi connectivity index (χ0v) is 20.3. The maximum Gasteiger partial charge on any atom is 0.226 e. The van der Waals surface area contributed by atoms with Gasteiger partial charge in [0.05, 0.1) is 31.9 Å². The van der Waals surface area contributed by atoms with Crippen molar-refractivity contribution in [3.63, 3.8) is 0 Å². The van der Waals surface area contributed by atoms with Gasteiger partial charge < -0.3 is 9.84 Å². The van der Waals surface area contributed by atoms with Crippen LogP contribution in [-0.4, -0.2) is 89.0 Å².